The number of fused-ring (bicyclic) bond motifs is 4. The molecule has 0 aromatic heterocycles. The molecule has 9 rings (SSSR count). The van der Waals surface area contributed by atoms with Gasteiger partial charge in [0.15, 0.2) is 0 Å². The maximum absolute atomic E-state index is 10.2. The van der Waals surface area contributed by atoms with Crippen LogP contribution in [0.3, 0.4) is 0 Å². The minimum Gasteiger partial charge on any atom is -0.508 e. The summed E-state index contributed by atoms with van der Waals surface area (Å²) in [5, 5.41) is 20.2. The summed E-state index contributed by atoms with van der Waals surface area (Å²) >= 11 is 0. The van der Waals surface area contributed by atoms with Gasteiger partial charge in [-0.15, -0.1) is 0 Å². The van der Waals surface area contributed by atoms with E-state index in [9.17, 15) is 10.2 Å². The molecule has 0 radical (unpaired) electrons. The van der Waals surface area contributed by atoms with E-state index in [4.69, 9.17) is 0 Å². The molecule has 0 saturated heterocycles. The van der Waals surface area contributed by atoms with Crippen molar-refractivity contribution < 1.29 is 10.2 Å². The fourth-order valence-electron chi connectivity index (χ4n) is 7.67. The van der Waals surface area contributed by atoms with Crippen molar-refractivity contribution in [2.45, 2.75) is 0 Å². The molecule has 0 atom stereocenters. The third-order valence-electron chi connectivity index (χ3n) is 9.75. The van der Waals surface area contributed by atoms with Gasteiger partial charge < -0.3 is 15.1 Å². The Morgan fingerprint density at radius 1 is 0.362 bits per heavy atom. The van der Waals surface area contributed by atoms with Gasteiger partial charge in [0.2, 0.25) is 13.4 Å². The summed E-state index contributed by atoms with van der Waals surface area (Å²) in [5.41, 5.74) is 15.5. The van der Waals surface area contributed by atoms with Crippen LogP contribution in [0.1, 0.15) is 0 Å². The van der Waals surface area contributed by atoms with Crippen molar-refractivity contribution in [3.05, 3.63) is 164 Å². The maximum atomic E-state index is 10.2. The highest BCUT2D eigenvalue weighted by Gasteiger charge is 2.43. The zero-order chi connectivity index (χ0) is 31.5. The third kappa shape index (κ3) is 4.46. The highest BCUT2D eigenvalue weighted by atomic mass is 16.3. The smallest absolute Gasteiger partial charge is 0.246 e. The van der Waals surface area contributed by atoms with Gasteiger partial charge in [0, 0.05) is 17.1 Å². The summed E-state index contributed by atoms with van der Waals surface area (Å²) in [7, 11) is 0. The van der Waals surface area contributed by atoms with Gasteiger partial charge in [-0.05, 0) is 80.5 Å². The summed E-state index contributed by atoms with van der Waals surface area (Å²) in [6.45, 7) is 0.0238. The number of rotatable bonds is 4. The van der Waals surface area contributed by atoms with Crippen LogP contribution in [0.2, 0.25) is 0 Å². The quantitative estimate of drug-likeness (QED) is 0.260. The Bertz CT molecular complexity index is 2270. The Balaban J connectivity index is 1.39. The Labute approximate surface area is 275 Å². The number of anilines is 3. The molecule has 2 aliphatic rings. The van der Waals surface area contributed by atoms with Crippen LogP contribution in [0.4, 0.5) is 17.1 Å². The normalized spacial score (nSPS) is 12.7. The molecule has 220 valence electrons. The van der Waals surface area contributed by atoms with Gasteiger partial charge in [0.25, 0.3) is 0 Å². The van der Waals surface area contributed by atoms with Gasteiger partial charge in [-0.25, -0.2) is 0 Å². The number of phenols is 2. The second-order valence-electron chi connectivity index (χ2n) is 12.5. The van der Waals surface area contributed by atoms with Crippen LogP contribution in [0.25, 0.3) is 22.3 Å². The molecule has 7 aromatic carbocycles. The zero-order valence-corrected chi connectivity index (χ0v) is 25.6. The highest BCUT2D eigenvalue weighted by Crippen LogP contribution is 2.39. The molecule has 0 amide bonds. The molecule has 5 heteroatoms. The Hall–Kier alpha value is -5.93. The first-order valence-electron chi connectivity index (χ1n) is 16.0. The summed E-state index contributed by atoms with van der Waals surface area (Å²) in [6, 6.07) is 57.0. The van der Waals surface area contributed by atoms with Gasteiger partial charge >= 0.3 is 0 Å². The Morgan fingerprint density at radius 3 is 1.40 bits per heavy atom. The number of benzene rings is 7. The van der Waals surface area contributed by atoms with Crippen LogP contribution in [0.5, 0.6) is 11.5 Å². The van der Waals surface area contributed by atoms with Crippen molar-refractivity contribution in [3.8, 4) is 33.8 Å². The topological polar surface area (TPSA) is 43.7 Å². The lowest BCUT2D eigenvalue weighted by atomic mass is 9.30. The minimum atomic E-state index is -0.0213. The number of nitrogens with zero attached hydrogens (tertiary/aromatic N) is 1. The van der Waals surface area contributed by atoms with E-state index in [1.165, 1.54) is 49.8 Å². The second kappa shape index (κ2) is 10.9. The number of para-hydroxylation sites is 1. The van der Waals surface area contributed by atoms with Crippen LogP contribution >= 0.6 is 0 Å². The average Bonchev–Trinajstić information content (AvgIpc) is 3.12. The summed E-state index contributed by atoms with van der Waals surface area (Å²) < 4.78 is 0. The summed E-state index contributed by atoms with van der Waals surface area (Å²) in [6.07, 6.45) is 0. The lowest BCUT2D eigenvalue weighted by Gasteiger charge is -2.44. The second-order valence-corrected chi connectivity index (χ2v) is 12.5. The summed E-state index contributed by atoms with van der Waals surface area (Å²) in [5.74, 6) is 0.517. The Morgan fingerprint density at radius 2 is 0.809 bits per heavy atom. The van der Waals surface area contributed by atoms with E-state index in [0.717, 1.165) is 22.3 Å². The van der Waals surface area contributed by atoms with Gasteiger partial charge in [-0.3, -0.25) is 0 Å². The van der Waals surface area contributed by atoms with E-state index in [1.54, 1.807) is 24.3 Å². The van der Waals surface area contributed by atoms with Crippen molar-refractivity contribution in [1.82, 2.24) is 0 Å². The fraction of sp³-hybridized carbons (Fsp3) is 0. The van der Waals surface area contributed by atoms with Crippen LogP contribution in [0.15, 0.2) is 164 Å². The molecule has 0 bridgehead atoms. The van der Waals surface area contributed by atoms with Crippen molar-refractivity contribution in [2.75, 3.05) is 4.90 Å². The SMILES string of the molecule is Oc1ccc(-c2ccc3c(c2)B(c2ccccc2)c2cc(-c4ccc(O)cc4)cc4c2N3c2ccccc2B4c2ccccc2)cc1. The van der Waals surface area contributed by atoms with Crippen molar-refractivity contribution in [2.24, 2.45) is 0 Å². The molecule has 47 heavy (non-hydrogen) atoms. The fourth-order valence-corrected chi connectivity index (χ4v) is 7.67. The third-order valence-corrected chi connectivity index (χ3v) is 9.75. The number of phenolic OH excluding ortho intramolecular Hbond substituents is 2. The number of hydrogen-bond donors (Lipinski definition) is 2. The van der Waals surface area contributed by atoms with Crippen molar-refractivity contribution in [1.29, 1.82) is 0 Å². The van der Waals surface area contributed by atoms with Gasteiger partial charge in [0.05, 0.1) is 0 Å². The molecule has 2 aliphatic heterocycles. The van der Waals surface area contributed by atoms with E-state index >= 15 is 0 Å². The minimum absolute atomic E-state index is 0.0213. The average molecular weight is 601 g/mol. The molecule has 2 N–H and O–H groups in total. The van der Waals surface area contributed by atoms with Gasteiger partial charge in [-0.1, -0.05) is 138 Å². The highest BCUT2D eigenvalue weighted by molar-refractivity contribution is 7.02. The molecule has 0 fully saturated rings. The first-order chi connectivity index (χ1) is 23.1. The van der Waals surface area contributed by atoms with E-state index in [1.807, 2.05) is 24.3 Å². The molecule has 7 aromatic rings. The number of hydrogen-bond acceptors (Lipinski definition) is 3. The molecule has 0 spiro atoms. The molecule has 3 nitrogen and oxygen atoms in total. The lowest BCUT2D eigenvalue weighted by molar-refractivity contribution is 0.475. The van der Waals surface area contributed by atoms with Crippen LogP contribution < -0.4 is 37.7 Å². The predicted octanol–water partition coefficient (Wildman–Crippen LogP) is 5.56. The van der Waals surface area contributed by atoms with E-state index in [-0.39, 0.29) is 24.9 Å². The van der Waals surface area contributed by atoms with Crippen molar-refractivity contribution in [3.63, 3.8) is 0 Å². The molecule has 0 aliphatic carbocycles. The Kier molecular flexibility index (Phi) is 6.32. The van der Waals surface area contributed by atoms with E-state index in [0.29, 0.717) is 0 Å². The zero-order valence-electron chi connectivity index (χ0n) is 25.6. The van der Waals surface area contributed by atoms with Crippen LogP contribution in [0, 0.1) is 0 Å². The largest absolute Gasteiger partial charge is 0.508 e. The molecule has 0 unspecified atom stereocenters. The summed E-state index contributed by atoms with van der Waals surface area (Å²) in [4.78, 5) is 2.48. The molecular formula is C42H29B2NO2. The standard InChI is InChI=1S/C42H29B2NO2/c46-34-20-15-28(16-21-34)30-19-24-41-37(25-30)44(33-11-5-2-6-12-33)39-27-31(29-17-22-35(47)23-18-29)26-38-42(39)45(41)40-14-8-7-13-36(40)43(38)32-9-3-1-4-10-32/h1-27,46-47H. The number of aromatic hydroxyl groups is 2. The monoisotopic (exact) mass is 601 g/mol. The molecular weight excluding hydrogens is 572 g/mol. The lowest BCUT2D eigenvalue weighted by Crippen LogP contribution is -2.65. The van der Waals surface area contributed by atoms with Crippen molar-refractivity contribution >= 4 is 63.3 Å². The van der Waals surface area contributed by atoms with E-state index < -0.39 is 0 Å². The van der Waals surface area contributed by atoms with Gasteiger partial charge in [-0.2, -0.15) is 0 Å². The predicted molar refractivity (Wildman–Crippen MR) is 198 cm³/mol. The van der Waals surface area contributed by atoms with E-state index in [2.05, 4.69) is 120 Å². The molecule has 2 heterocycles. The first-order valence-corrected chi connectivity index (χ1v) is 16.0. The van der Waals surface area contributed by atoms with Crippen LogP contribution in [-0.2, 0) is 0 Å². The maximum Gasteiger partial charge on any atom is 0.246 e. The van der Waals surface area contributed by atoms with Gasteiger partial charge in [0.1, 0.15) is 11.5 Å². The molecule has 0 saturated carbocycles. The first kappa shape index (κ1) is 27.4. The van der Waals surface area contributed by atoms with Crippen LogP contribution in [-0.4, -0.2) is 23.6 Å².